The average Bonchev–Trinajstić information content (AvgIpc) is 1.59. The van der Waals surface area contributed by atoms with Gasteiger partial charge in [0.1, 0.15) is 77.4 Å². The number of aromatic nitrogens is 16. The van der Waals surface area contributed by atoms with E-state index in [1.54, 1.807) is 88.2 Å². The third-order valence-electron chi connectivity index (χ3n) is 23.4. The van der Waals surface area contributed by atoms with E-state index >= 15 is 0 Å². The number of amides is 6. The fraction of sp³-hybridized carbons (Fsp3) is 0.482. The molecule has 8 fully saturated rings. The molecule has 6 saturated carbocycles. The Labute approximate surface area is 857 Å². The van der Waals surface area contributed by atoms with Crippen LogP contribution >= 0.6 is 43.5 Å². The van der Waals surface area contributed by atoms with Crippen LogP contribution in [-0.2, 0) is 92.1 Å². The third-order valence-corrected chi connectivity index (χ3v) is 26.3. The van der Waals surface area contributed by atoms with Crippen LogP contribution in [0.5, 0.6) is 0 Å². The molecule has 57 heteroatoms. The quantitative estimate of drug-likeness (QED) is 0.00502. The summed E-state index contributed by atoms with van der Waals surface area (Å²) >= 11 is 12.3. The van der Waals surface area contributed by atoms with Gasteiger partial charge in [-0.25, -0.2) is 43.0 Å². The summed E-state index contributed by atoms with van der Waals surface area (Å²) in [7, 11) is -4.02. The van der Waals surface area contributed by atoms with E-state index in [1.165, 1.54) is 52.5 Å². The number of fused-ring (bicyclic) bond motifs is 4. The molecular weight excluding hydrogens is 2050 g/mol. The number of nitrogens with zero attached hydrogens (tertiary/aromatic N) is 21. The van der Waals surface area contributed by atoms with Gasteiger partial charge in [-0.15, -0.1) is 0 Å². The van der Waals surface area contributed by atoms with Crippen molar-refractivity contribution in [1.29, 1.82) is 0 Å². The SMILES string of the molecule is BrCCBr.C.CC(C)(C)OC(=O)N1C2C=C(c3ccnc(Cl)n3)CC1CC2.CCOC(=O)C1(n2cc([N+](=O)[O-])cn2)CC1.CCOC(=O)Cn1cc([N+](=O)[O-])cn1.Cc1ccc(S(=O)(=O)O)cc1.N.NC(=O)C1(n2cc(N)cn2)CC1.NC(=O)C1(n2cc(N)cn2)CC1.NC(=O)C1(n2cc(Nc3nccc(C4=CC5CCC(C4)N5C(=O)[C@@H]4CC4(F)F)n3)cn2)CC1.NC(=O)C1(n2cc([N+](=O)[O-])cn2)CC1.O.[H-].[Na+]. The molecule has 6 aliphatic carbocycles. The van der Waals surface area contributed by atoms with Gasteiger partial charge < -0.3 is 71.9 Å². The van der Waals surface area contributed by atoms with Crippen LogP contribution in [0.25, 0.3) is 11.1 Å². The minimum atomic E-state index is -4.02. The molecule has 19 rings (SSSR count). The number of alkyl halides is 4. The van der Waals surface area contributed by atoms with Crippen LogP contribution in [0.2, 0.25) is 5.28 Å². The average molecular weight is 2170 g/mol. The predicted octanol–water partition coefficient (Wildman–Crippen LogP) is 5.83. The second-order valence-corrected chi connectivity index (χ2v) is 37.9. The van der Waals surface area contributed by atoms with Gasteiger partial charge >= 0.3 is 64.7 Å². The number of benzene rings is 1. The number of halogens is 5. The summed E-state index contributed by atoms with van der Waals surface area (Å²) in [4.78, 5) is 142. The molecule has 766 valence electrons. The molecule has 4 bridgehead atoms. The van der Waals surface area contributed by atoms with Crippen LogP contribution in [-0.4, -0.2) is 229 Å². The topological polar surface area (TPSA) is 748 Å². The Bertz CT molecular complexity index is 6130. The van der Waals surface area contributed by atoms with Crippen LogP contribution in [0.3, 0.4) is 0 Å². The second kappa shape index (κ2) is 48.3. The van der Waals surface area contributed by atoms with Gasteiger partial charge in [0.25, 0.3) is 16.0 Å². The first-order valence-electron chi connectivity index (χ1n) is 43.2. The zero-order chi connectivity index (χ0) is 101. The molecule has 19 N–H and O–H groups in total. The van der Waals surface area contributed by atoms with E-state index < -0.39 is 93.7 Å². The van der Waals surface area contributed by atoms with Gasteiger partial charge in [0, 0.05) is 60.1 Å². The number of hydrogen-bond donors (Lipinski definition) is 9. The maximum atomic E-state index is 13.4. The fourth-order valence-electron chi connectivity index (χ4n) is 15.3. The maximum Gasteiger partial charge on any atom is 1.00 e. The van der Waals surface area contributed by atoms with Crippen LogP contribution in [0.1, 0.15) is 170 Å². The second-order valence-electron chi connectivity index (χ2n) is 34.5. The first-order chi connectivity index (χ1) is 65.1. The number of hydrogen-bond acceptors (Lipinski definition) is 33. The number of carbonyl (C=O) groups excluding carboxylic acids is 8. The molecule has 2 saturated heterocycles. The van der Waals surface area contributed by atoms with Crippen LogP contribution < -0.4 is 75.4 Å². The van der Waals surface area contributed by atoms with Crippen LogP contribution in [0.4, 0.5) is 53.6 Å². The van der Waals surface area contributed by atoms with Crippen molar-refractivity contribution in [2.75, 3.05) is 40.7 Å². The van der Waals surface area contributed by atoms with Gasteiger partial charge in [0.05, 0.1) is 92.0 Å². The van der Waals surface area contributed by atoms with E-state index in [2.05, 4.69) is 98.5 Å². The van der Waals surface area contributed by atoms with Crippen molar-refractivity contribution in [3.63, 3.8) is 0 Å². The van der Waals surface area contributed by atoms with Gasteiger partial charge in [-0.05, 0) is 191 Å². The third kappa shape index (κ3) is 28.8. The predicted molar refractivity (Wildman–Crippen MR) is 512 cm³/mol. The molecule has 1 aromatic carbocycles. The zero-order valence-corrected chi connectivity index (χ0v) is 84.5. The molecule has 6 amide bonds. The molecular formula is C85H113Br2ClF2N29NaO21S. The summed E-state index contributed by atoms with van der Waals surface area (Å²) in [5.41, 5.74) is 34.2. The Balaban J connectivity index is 0.000000255. The first-order valence-corrected chi connectivity index (χ1v) is 47.3. The van der Waals surface area contributed by atoms with Gasteiger partial charge in [-0.1, -0.05) is 69.1 Å². The molecule has 4 unspecified atom stereocenters. The van der Waals surface area contributed by atoms with E-state index in [-0.39, 0.29) is 145 Å². The van der Waals surface area contributed by atoms with E-state index in [0.717, 1.165) is 120 Å². The smallest absolute Gasteiger partial charge is 1.00 e. The zero-order valence-electron chi connectivity index (χ0n) is 78.7. The number of nitrogens with one attached hydrogen (secondary N) is 1. The first kappa shape index (κ1) is 116. The van der Waals surface area contributed by atoms with E-state index in [0.29, 0.717) is 74.6 Å². The number of aryl methyl sites for hydroxylation is 1. The molecule has 142 heavy (non-hydrogen) atoms. The van der Waals surface area contributed by atoms with E-state index in [9.17, 15) is 85.9 Å². The molecule has 5 atom stereocenters. The summed E-state index contributed by atoms with van der Waals surface area (Å²) in [5, 5.41) is 60.0. The maximum absolute atomic E-state index is 13.4. The Morgan fingerprint density at radius 2 is 0.979 bits per heavy atom. The van der Waals surface area contributed by atoms with Gasteiger partial charge in [0.15, 0.2) is 5.54 Å². The minimum absolute atomic E-state index is 0. The summed E-state index contributed by atoms with van der Waals surface area (Å²) in [6.07, 6.45) is 35.2. The van der Waals surface area contributed by atoms with Crippen molar-refractivity contribution in [2.24, 2.45) is 28.9 Å². The molecule has 0 spiro atoms. The molecule has 9 aromatic rings. The number of primary amides is 4. The number of ether oxygens (including phenoxy) is 3. The van der Waals surface area contributed by atoms with Crippen LogP contribution in [0, 0.1) is 43.2 Å². The summed E-state index contributed by atoms with van der Waals surface area (Å²) < 4.78 is 80.0. The Hall–Kier alpha value is -12.8. The Morgan fingerprint density at radius 3 is 1.35 bits per heavy atom. The normalized spacial score (nSPS) is 19.2. The Morgan fingerprint density at radius 1 is 0.585 bits per heavy atom. The molecule has 4 aliphatic heterocycles. The molecule has 0 radical (unpaired) electrons. The molecule has 12 heterocycles. The molecule has 8 aromatic heterocycles. The number of anilines is 4. The van der Waals surface area contributed by atoms with Crippen molar-refractivity contribution in [3.05, 3.63) is 188 Å². The fourth-order valence-corrected chi connectivity index (χ4v) is 15.9. The summed E-state index contributed by atoms with van der Waals surface area (Å²) in [5.74, 6) is -6.43. The number of nitrogen functional groups attached to an aromatic ring is 2. The van der Waals surface area contributed by atoms with Gasteiger partial charge in [-0.2, -0.15) is 39.0 Å². The standard InChI is InChI=1S/C22H23F2N7O2.C16H20ClN3O2.C9H11N3O4.C7H8N4O3.2C7H10N4O.C7H9N3O4.C7H8O3S.C2H4Br2.CH4.H3N.Na.H2O.H/c23-22(24)9-16(22)18(32)31-14-1-2-15(31)8-12(7-14)17-3-6-26-20(29-17)28-13-10-27-30(11-13)21(4-5-21)19(25)33;1-16(2,3)22-15(21)20-11-4-5-12(20)9-10(8-11)13-6-7-18-14(17)19-13;1-2-16-8(13)9(3-4-9)11-6-7(5-10-11)12(14)15;8-6(12)7(1-2-7)10-4-5(3-9-10)11(13)14;2*8-5-3-10-11(4-5)7(1-2-7)6(9)12;1-2-14-7(11)5-9-4-6(3-8-9)10(12)13;1-6-2-4-7(5-3-6)11(8,9)10;3-1-2-4;;;;;/h3,6-7,10-11,14-16H,1-2,4-5,8-9H2,(H2,25,33)(H,26,28,29);6-8,11-12H,4-5,9H2,1-3H3;5-6H,2-4H2,1H3;3-4H,1-2H2,(H2,8,12);2*3-4H,1-2,8H2,(H2,9,12);3-4H,2,5H2,1H3;2-5H,1H3,(H,8,9,10);1-2H2;1H4;1H3;;1H2;/q;;;;;;;;;;;+1;;-1/t14?,15?,16-;;;;;;;;;;;;;/m0............./s1. The Kier molecular flexibility index (Phi) is 39.5. The van der Waals surface area contributed by atoms with Crippen LogP contribution in [0.15, 0.2) is 140 Å². The van der Waals surface area contributed by atoms with E-state index in [1.807, 2.05) is 44.7 Å². The largest absolute Gasteiger partial charge is 1.00 e. The number of esters is 2. The van der Waals surface area contributed by atoms with E-state index in [4.69, 9.17) is 60.0 Å². The monoisotopic (exact) mass is 2160 g/mol. The number of nitro groups is 3. The number of rotatable bonds is 24. The summed E-state index contributed by atoms with van der Waals surface area (Å²) in [6, 6.07) is 9.66. The van der Waals surface area contributed by atoms with Gasteiger partial charge in [0.2, 0.25) is 40.8 Å². The summed E-state index contributed by atoms with van der Waals surface area (Å²) in [6.45, 7) is 11.4. The van der Waals surface area contributed by atoms with Crippen molar-refractivity contribution < 1.29 is 126 Å². The van der Waals surface area contributed by atoms with Crippen molar-refractivity contribution in [1.82, 2.24) is 94.6 Å². The number of carbonyl (C=O) groups is 8. The van der Waals surface area contributed by atoms with Gasteiger partial charge in [-0.3, -0.25) is 92.0 Å². The van der Waals surface area contributed by atoms with Crippen molar-refractivity contribution in [3.8, 4) is 0 Å². The minimum Gasteiger partial charge on any atom is -1.00 e. The van der Waals surface area contributed by atoms with Crippen molar-refractivity contribution >= 4 is 152 Å². The number of nitrogens with two attached hydrogens (primary N) is 6. The molecule has 50 nitrogen and oxygen atoms in total. The van der Waals surface area contributed by atoms with Crippen molar-refractivity contribution in [2.45, 2.75) is 233 Å². The molecule has 10 aliphatic rings.